The summed E-state index contributed by atoms with van der Waals surface area (Å²) in [6.07, 6.45) is 0. The fourth-order valence-corrected chi connectivity index (χ4v) is 2.95. The van der Waals surface area contributed by atoms with E-state index in [2.05, 4.69) is 79.0 Å². The number of halogens is 1. The molecule has 21 heavy (non-hydrogen) atoms. The van der Waals surface area contributed by atoms with Gasteiger partial charge >= 0.3 is 0 Å². The van der Waals surface area contributed by atoms with Crippen LogP contribution < -0.4 is 10.2 Å². The van der Waals surface area contributed by atoms with Crippen LogP contribution in [0.4, 0.5) is 5.69 Å². The number of nitrogens with zero attached hydrogens (tertiary/aromatic N) is 1. The zero-order chi connectivity index (χ0) is 15.7. The number of hydrogen-bond acceptors (Lipinski definition) is 3. The maximum absolute atomic E-state index is 5.65. The molecule has 2 rings (SSSR count). The number of nitrogens with one attached hydrogen (secondary N) is 1. The maximum atomic E-state index is 5.65. The molecule has 3 nitrogen and oxygen atoms in total. The van der Waals surface area contributed by atoms with Crippen LogP contribution in [-0.4, -0.2) is 30.8 Å². The van der Waals surface area contributed by atoms with Gasteiger partial charge in [0.15, 0.2) is 0 Å². The molecule has 4 heteroatoms. The minimum absolute atomic E-state index is 0.0233. The lowest BCUT2D eigenvalue weighted by Gasteiger charge is -2.44. The van der Waals surface area contributed by atoms with E-state index >= 15 is 0 Å². The van der Waals surface area contributed by atoms with Crippen molar-refractivity contribution >= 4 is 21.6 Å². The lowest BCUT2D eigenvalue weighted by atomic mass is 9.99. The van der Waals surface area contributed by atoms with Crippen molar-refractivity contribution in [3.63, 3.8) is 0 Å². The Labute approximate surface area is 137 Å². The number of ether oxygens (including phenoxy) is 1. The predicted octanol–water partition coefficient (Wildman–Crippen LogP) is 3.95. The summed E-state index contributed by atoms with van der Waals surface area (Å²) in [6.45, 7) is 14.5. The van der Waals surface area contributed by atoms with Crippen molar-refractivity contribution in [2.24, 2.45) is 0 Å². The quantitative estimate of drug-likeness (QED) is 0.889. The molecule has 0 bridgehead atoms. The molecule has 1 aromatic rings. The van der Waals surface area contributed by atoms with Gasteiger partial charge in [0.25, 0.3) is 0 Å². The molecule has 1 fully saturated rings. The second-order valence-corrected chi connectivity index (χ2v) is 8.31. The van der Waals surface area contributed by atoms with Crippen molar-refractivity contribution in [1.82, 2.24) is 5.32 Å². The van der Waals surface area contributed by atoms with Crippen molar-refractivity contribution in [3.8, 4) is 0 Å². The molecule has 1 N–H and O–H groups in total. The van der Waals surface area contributed by atoms with Crippen LogP contribution in [0.1, 0.15) is 40.2 Å². The third kappa shape index (κ3) is 4.44. The smallest absolute Gasteiger partial charge is 0.0694 e. The molecule has 0 aliphatic carbocycles. The van der Waals surface area contributed by atoms with Gasteiger partial charge in [0, 0.05) is 28.8 Å². The fraction of sp³-hybridized carbons (Fsp3) is 0.647. The topological polar surface area (TPSA) is 24.5 Å². The summed E-state index contributed by atoms with van der Waals surface area (Å²) in [6, 6.07) is 6.56. The normalized spacial score (nSPS) is 18.9. The van der Waals surface area contributed by atoms with Crippen molar-refractivity contribution < 1.29 is 4.74 Å². The van der Waals surface area contributed by atoms with Crippen LogP contribution in [0.15, 0.2) is 22.7 Å². The van der Waals surface area contributed by atoms with Gasteiger partial charge in [-0.1, -0.05) is 22.0 Å². The fourth-order valence-electron chi connectivity index (χ4n) is 2.60. The molecule has 1 aliphatic rings. The minimum Gasteiger partial charge on any atom is -0.377 e. The molecule has 1 aromatic carbocycles. The van der Waals surface area contributed by atoms with E-state index < -0.39 is 0 Å². The molecule has 0 amide bonds. The lowest BCUT2D eigenvalue weighted by molar-refractivity contribution is 0.0643. The highest BCUT2D eigenvalue weighted by atomic mass is 79.9. The van der Waals surface area contributed by atoms with Gasteiger partial charge in [0.05, 0.1) is 18.8 Å². The Kier molecular flexibility index (Phi) is 5.01. The Bertz CT molecular complexity index is 494. The summed E-state index contributed by atoms with van der Waals surface area (Å²) in [5.41, 5.74) is 2.78. The van der Waals surface area contributed by atoms with Gasteiger partial charge in [-0.3, -0.25) is 0 Å². The first kappa shape index (κ1) is 16.8. The molecule has 0 unspecified atom stereocenters. The Morgan fingerprint density at radius 3 is 2.67 bits per heavy atom. The van der Waals surface area contributed by atoms with Gasteiger partial charge < -0.3 is 15.0 Å². The molecule has 1 heterocycles. The first-order valence-electron chi connectivity index (χ1n) is 7.58. The van der Waals surface area contributed by atoms with E-state index in [-0.39, 0.29) is 11.1 Å². The standard InChI is InChI=1S/C17H27BrN2O/c1-16(2,3)19-11-13-6-7-14(18)10-15(13)20-8-9-21-12-17(20,4)5/h6-7,10,19H,8-9,11-12H2,1-5H3. The van der Waals surface area contributed by atoms with Gasteiger partial charge in [0.2, 0.25) is 0 Å². The number of benzene rings is 1. The molecule has 1 saturated heterocycles. The van der Waals surface area contributed by atoms with Crippen molar-refractivity contribution in [3.05, 3.63) is 28.2 Å². The van der Waals surface area contributed by atoms with Crippen LogP contribution >= 0.6 is 15.9 Å². The van der Waals surface area contributed by atoms with Crippen molar-refractivity contribution in [2.45, 2.75) is 52.2 Å². The summed E-state index contributed by atoms with van der Waals surface area (Å²) in [5.74, 6) is 0. The molecule has 0 spiro atoms. The van der Waals surface area contributed by atoms with Crippen LogP contribution in [0.25, 0.3) is 0 Å². The molecule has 118 valence electrons. The number of rotatable bonds is 3. The summed E-state index contributed by atoms with van der Waals surface area (Å²) in [4.78, 5) is 2.47. The number of morpholine rings is 1. The lowest BCUT2D eigenvalue weighted by Crippen LogP contribution is -2.53. The summed E-state index contributed by atoms with van der Waals surface area (Å²) >= 11 is 3.61. The van der Waals surface area contributed by atoms with Crippen molar-refractivity contribution in [1.29, 1.82) is 0 Å². The zero-order valence-corrected chi connectivity index (χ0v) is 15.4. The third-order valence-corrected chi connectivity index (χ3v) is 4.29. The van der Waals surface area contributed by atoms with Gasteiger partial charge in [-0.05, 0) is 52.3 Å². The van der Waals surface area contributed by atoms with E-state index in [1.54, 1.807) is 0 Å². The van der Waals surface area contributed by atoms with Gasteiger partial charge in [-0.15, -0.1) is 0 Å². The predicted molar refractivity (Wildman–Crippen MR) is 93.0 cm³/mol. The van der Waals surface area contributed by atoms with E-state index in [0.29, 0.717) is 0 Å². The molecule has 0 radical (unpaired) electrons. The van der Waals surface area contributed by atoms with E-state index in [9.17, 15) is 0 Å². The van der Waals surface area contributed by atoms with Crippen LogP contribution in [0.5, 0.6) is 0 Å². The average Bonchev–Trinajstić information content (AvgIpc) is 2.35. The Balaban J connectivity index is 2.30. The molecular weight excluding hydrogens is 328 g/mol. The summed E-state index contributed by atoms with van der Waals surface area (Å²) < 4.78 is 6.78. The zero-order valence-electron chi connectivity index (χ0n) is 13.8. The summed E-state index contributed by atoms with van der Waals surface area (Å²) in [5, 5.41) is 3.59. The largest absolute Gasteiger partial charge is 0.377 e. The molecule has 1 aliphatic heterocycles. The second kappa shape index (κ2) is 6.27. The molecule has 0 saturated carbocycles. The Morgan fingerprint density at radius 2 is 2.05 bits per heavy atom. The van der Waals surface area contributed by atoms with Crippen LogP contribution in [0, 0.1) is 0 Å². The highest BCUT2D eigenvalue weighted by Gasteiger charge is 2.32. The number of anilines is 1. The maximum Gasteiger partial charge on any atom is 0.0694 e. The molecule has 0 aromatic heterocycles. The Morgan fingerprint density at radius 1 is 1.33 bits per heavy atom. The van der Waals surface area contributed by atoms with Crippen LogP contribution in [0.2, 0.25) is 0 Å². The first-order chi connectivity index (χ1) is 9.69. The van der Waals surface area contributed by atoms with E-state index in [1.165, 1.54) is 11.3 Å². The monoisotopic (exact) mass is 354 g/mol. The highest BCUT2D eigenvalue weighted by Crippen LogP contribution is 2.32. The SMILES string of the molecule is CC(C)(C)NCc1ccc(Br)cc1N1CCOCC1(C)C. The third-order valence-electron chi connectivity index (χ3n) is 3.79. The molecular formula is C17H27BrN2O. The van der Waals surface area contributed by atoms with E-state index in [4.69, 9.17) is 4.74 Å². The molecule has 0 atom stereocenters. The second-order valence-electron chi connectivity index (χ2n) is 7.39. The van der Waals surface area contributed by atoms with Crippen LogP contribution in [-0.2, 0) is 11.3 Å². The number of hydrogen-bond donors (Lipinski definition) is 1. The van der Waals surface area contributed by atoms with Crippen LogP contribution in [0.3, 0.4) is 0 Å². The van der Waals surface area contributed by atoms with Gasteiger partial charge in [-0.25, -0.2) is 0 Å². The highest BCUT2D eigenvalue weighted by molar-refractivity contribution is 9.10. The minimum atomic E-state index is 0.0233. The van der Waals surface area contributed by atoms with E-state index in [1.807, 2.05) is 0 Å². The van der Waals surface area contributed by atoms with Crippen molar-refractivity contribution in [2.75, 3.05) is 24.7 Å². The van der Waals surface area contributed by atoms with Gasteiger partial charge in [-0.2, -0.15) is 0 Å². The van der Waals surface area contributed by atoms with E-state index in [0.717, 1.165) is 30.8 Å². The van der Waals surface area contributed by atoms with Gasteiger partial charge in [0.1, 0.15) is 0 Å². The average molecular weight is 355 g/mol. The summed E-state index contributed by atoms with van der Waals surface area (Å²) in [7, 11) is 0. The Hall–Kier alpha value is -0.580. The first-order valence-corrected chi connectivity index (χ1v) is 8.37.